The fourth-order valence-corrected chi connectivity index (χ4v) is 3.13. The predicted octanol–water partition coefficient (Wildman–Crippen LogP) is 1.81. The van der Waals surface area contributed by atoms with Crippen LogP contribution in [0, 0.1) is 11.3 Å². The third-order valence-corrected chi connectivity index (χ3v) is 4.45. The van der Waals surface area contributed by atoms with Crippen molar-refractivity contribution in [3.05, 3.63) is 54.2 Å². The van der Waals surface area contributed by atoms with Gasteiger partial charge in [-0.05, 0) is 30.7 Å². The zero-order chi connectivity index (χ0) is 19.8. The summed E-state index contributed by atoms with van der Waals surface area (Å²) in [6.45, 7) is 2.95. The van der Waals surface area contributed by atoms with Crippen LogP contribution in [-0.2, 0) is 4.79 Å². The lowest BCUT2D eigenvalue weighted by atomic mass is 10.2. The van der Waals surface area contributed by atoms with Gasteiger partial charge in [-0.3, -0.25) is 15.0 Å². The maximum absolute atomic E-state index is 12.2. The number of amides is 3. The third kappa shape index (κ3) is 5.28. The van der Waals surface area contributed by atoms with Crippen molar-refractivity contribution in [1.29, 1.82) is 5.26 Å². The second kappa shape index (κ2) is 9.48. The van der Waals surface area contributed by atoms with Gasteiger partial charge in [-0.1, -0.05) is 18.2 Å². The molecule has 8 nitrogen and oxygen atoms in total. The topological polar surface area (TPSA) is 101 Å². The number of urea groups is 1. The molecule has 2 N–H and O–H groups in total. The monoisotopic (exact) mass is 378 g/mol. The number of nitriles is 1. The molecule has 0 saturated carbocycles. The van der Waals surface area contributed by atoms with Crippen molar-refractivity contribution in [1.82, 2.24) is 15.2 Å². The number of imide groups is 1. The Labute approximate surface area is 163 Å². The molecule has 2 aromatic rings. The Morgan fingerprint density at radius 2 is 1.89 bits per heavy atom. The van der Waals surface area contributed by atoms with Crippen LogP contribution < -0.4 is 15.5 Å². The first-order chi connectivity index (χ1) is 13.7. The van der Waals surface area contributed by atoms with Crippen LogP contribution in [-0.4, -0.2) is 54.5 Å². The van der Waals surface area contributed by atoms with Crippen LogP contribution in [0.4, 0.5) is 16.3 Å². The van der Waals surface area contributed by atoms with Gasteiger partial charge in [0.1, 0.15) is 11.9 Å². The van der Waals surface area contributed by atoms with Crippen LogP contribution >= 0.6 is 0 Å². The van der Waals surface area contributed by atoms with Crippen LogP contribution in [0.25, 0.3) is 0 Å². The molecule has 0 unspecified atom stereocenters. The molecular weight excluding hydrogens is 356 g/mol. The van der Waals surface area contributed by atoms with Gasteiger partial charge in [0.15, 0.2) is 0 Å². The molecule has 0 radical (unpaired) electrons. The molecule has 1 aliphatic heterocycles. The van der Waals surface area contributed by atoms with E-state index in [2.05, 4.69) is 26.6 Å². The Morgan fingerprint density at radius 1 is 1.07 bits per heavy atom. The molecule has 0 spiro atoms. The van der Waals surface area contributed by atoms with Crippen molar-refractivity contribution < 1.29 is 9.59 Å². The molecule has 1 aromatic heterocycles. The molecule has 28 heavy (non-hydrogen) atoms. The first-order valence-electron chi connectivity index (χ1n) is 9.14. The first kappa shape index (κ1) is 19.3. The number of carbonyl (C=O) groups is 2. The molecule has 1 aliphatic rings. The van der Waals surface area contributed by atoms with E-state index in [1.807, 2.05) is 11.0 Å². The second-order valence-corrected chi connectivity index (χ2v) is 6.47. The Balaban J connectivity index is 1.50. The summed E-state index contributed by atoms with van der Waals surface area (Å²) < 4.78 is 0. The largest absolute Gasteiger partial charge is 0.354 e. The summed E-state index contributed by atoms with van der Waals surface area (Å²) in [6.07, 6.45) is 2.52. The van der Waals surface area contributed by atoms with Crippen molar-refractivity contribution in [2.24, 2.45) is 0 Å². The van der Waals surface area contributed by atoms with Crippen LogP contribution in [0.1, 0.15) is 12.0 Å². The average molecular weight is 378 g/mol. The first-order valence-corrected chi connectivity index (χ1v) is 9.14. The van der Waals surface area contributed by atoms with Gasteiger partial charge in [0.25, 0.3) is 0 Å². The van der Waals surface area contributed by atoms with Crippen LogP contribution in [0.2, 0.25) is 0 Å². The number of pyridine rings is 1. The molecule has 1 aromatic carbocycles. The standard InChI is InChI=1S/C20H22N6O2/c21-14-16-6-4-9-22-19(16)26-11-5-10-25(12-13-26)15-18(27)24-20(28)23-17-7-2-1-3-8-17/h1-4,6-9H,5,10-13,15H2,(H2,23,24,27,28). The quantitative estimate of drug-likeness (QED) is 0.841. The lowest BCUT2D eigenvalue weighted by Crippen LogP contribution is -2.43. The van der Waals surface area contributed by atoms with Gasteiger partial charge in [-0.15, -0.1) is 0 Å². The van der Waals surface area contributed by atoms with E-state index in [0.717, 1.165) is 19.5 Å². The van der Waals surface area contributed by atoms with Crippen LogP contribution in [0.3, 0.4) is 0 Å². The van der Waals surface area contributed by atoms with E-state index in [0.29, 0.717) is 30.2 Å². The predicted molar refractivity (Wildman–Crippen MR) is 106 cm³/mol. The van der Waals surface area contributed by atoms with Crippen LogP contribution in [0.15, 0.2) is 48.7 Å². The maximum Gasteiger partial charge on any atom is 0.325 e. The Bertz CT molecular complexity index is 864. The normalized spacial score (nSPS) is 14.6. The van der Waals surface area contributed by atoms with E-state index in [1.54, 1.807) is 42.6 Å². The van der Waals surface area contributed by atoms with Crippen molar-refractivity contribution in [3.63, 3.8) is 0 Å². The zero-order valence-electron chi connectivity index (χ0n) is 15.5. The highest BCUT2D eigenvalue weighted by atomic mass is 16.2. The molecule has 1 saturated heterocycles. The summed E-state index contributed by atoms with van der Waals surface area (Å²) in [5.41, 5.74) is 1.17. The molecule has 144 valence electrons. The van der Waals surface area contributed by atoms with Crippen LogP contribution in [0.5, 0.6) is 0 Å². The van der Waals surface area contributed by atoms with Gasteiger partial charge in [-0.25, -0.2) is 9.78 Å². The second-order valence-electron chi connectivity index (χ2n) is 6.47. The molecule has 3 rings (SSSR count). The van der Waals surface area contributed by atoms with Gasteiger partial charge < -0.3 is 10.2 Å². The minimum absolute atomic E-state index is 0.142. The van der Waals surface area contributed by atoms with Crippen molar-refractivity contribution in [3.8, 4) is 6.07 Å². The molecule has 0 aliphatic carbocycles. The summed E-state index contributed by atoms with van der Waals surface area (Å²) in [5, 5.41) is 14.2. The minimum Gasteiger partial charge on any atom is -0.354 e. The summed E-state index contributed by atoms with van der Waals surface area (Å²) in [7, 11) is 0. The number of rotatable bonds is 4. The van der Waals surface area contributed by atoms with E-state index in [-0.39, 0.29) is 12.5 Å². The van der Waals surface area contributed by atoms with Gasteiger partial charge in [0, 0.05) is 38.1 Å². The average Bonchev–Trinajstić information content (AvgIpc) is 2.94. The van der Waals surface area contributed by atoms with Crippen molar-refractivity contribution in [2.75, 3.05) is 42.9 Å². The SMILES string of the molecule is N#Cc1cccnc1N1CCCN(CC(=O)NC(=O)Nc2ccccc2)CC1. The van der Waals surface area contributed by atoms with E-state index in [9.17, 15) is 14.9 Å². The Hall–Kier alpha value is -3.44. The van der Waals surface area contributed by atoms with Crippen molar-refractivity contribution >= 4 is 23.4 Å². The number of hydrogen-bond acceptors (Lipinski definition) is 6. The lowest BCUT2D eigenvalue weighted by Gasteiger charge is -2.23. The Kier molecular flexibility index (Phi) is 6.54. The van der Waals surface area contributed by atoms with E-state index in [4.69, 9.17) is 0 Å². The number of nitrogens with zero attached hydrogens (tertiary/aromatic N) is 4. The fourth-order valence-electron chi connectivity index (χ4n) is 3.13. The van der Waals surface area contributed by atoms with Gasteiger partial charge in [0.05, 0.1) is 12.1 Å². The lowest BCUT2D eigenvalue weighted by molar-refractivity contribution is -0.121. The molecule has 0 atom stereocenters. The van der Waals surface area contributed by atoms with Gasteiger partial charge >= 0.3 is 6.03 Å². The van der Waals surface area contributed by atoms with E-state index >= 15 is 0 Å². The molecule has 3 amide bonds. The highest BCUT2D eigenvalue weighted by Crippen LogP contribution is 2.18. The summed E-state index contributed by atoms with van der Waals surface area (Å²) in [5.74, 6) is 0.330. The van der Waals surface area contributed by atoms with Gasteiger partial charge in [0.2, 0.25) is 5.91 Å². The third-order valence-electron chi connectivity index (χ3n) is 4.45. The molecule has 1 fully saturated rings. The highest BCUT2D eigenvalue weighted by molar-refractivity contribution is 6.01. The van der Waals surface area contributed by atoms with E-state index in [1.165, 1.54) is 0 Å². The number of hydrogen-bond donors (Lipinski definition) is 2. The highest BCUT2D eigenvalue weighted by Gasteiger charge is 2.20. The number of para-hydroxylation sites is 1. The molecule has 2 heterocycles. The minimum atomic E-state index is -0.542. The number of aromatic nitrogens is 1. The number of anilines is 2. The molecule has 8 heteroatoms. The Morgan fingerprint density at radius 3 is 2.68 bits per heavy atom. The number of benzene rings is 1. The van der Waals surface area contributed by atoms with E-state index < -0.39 is 6.03 Å². The summed E-state index contributed by atoms with van der Waals surface area (Å²) in [6, 6.07) is 14.1. The molecular formula is C20H22N6O2. The maximum atomic E-state index is 12.2. The molecule has 0 bridgehead atoms. The van der Waals surface area contributed by atoms with Gasteiger partial charge in [-0.2, -0.15) is 5.26 Å². The smallest absolute Gasteiger partial charge is 0.325 e. The number of carbonyl (C=O) groups excluding carboxylic acids is 2. The number of nitrogens with one attached hydrogen (secondary N) is 2. The van der Waals surface area contributed by atoms with Crippen molar-refractivity contribution in [2.45, 2.75) is 6.42 Å². The summed E-state index contributed by atoms with van der Waals surface area (Å²) >= 11 is 0. The zero-order valence-corrected chi connectivity index (χ0v) is 15.5. The summed E-state index contributed by atoms with van der Waals surface area (Å²) in [4.78, 5) is 32.5. The fraction of sp³-hybridized carbons (Fsp3) is 0.300.